The molecule has 0 bridgehead atoms. The molecule has 1 aromatic heterocycles. The van der Waals surface area contributed by atoms with Gasteiger partial charge in [0, 0.05) is 24.2 Å². The molecule has 0 fully saturated rings. The zero-order valence-electron chi connectivity index (χ0n) is 15.1. The van der Waals surface area contributed by atoms with Crippen molar-refractivity contribution < 1.29 is 4.79 Å². The van der Waals surface area contributed by atoms with E-state index < -0.39 is 0 Å². The van der Waals surface area contributed by atoms with E-state index in [4.69, 9.17) is 0 Å². The van der Waals surface area contributed by atoms with Gasteiger partial charge in [0.15, 0.2) is 5.16 Å². The second-order valence-electron chi connectivity index (χ2n) is 6.61. The molecule has 1 aliphatic rings. The molecule has 27 heavy (non-hydrogen) atoms. The summed E-state index contributed by atoms with van der Waals surface area (Å²) in [6.45, 7) is 0.948. The molecule has 1 N–H and O–H groups in total. The summed E-state index contributed by atoms with van der Waals surface area (Å²) >= 11 is 1.46. The topological polar surface area (TPSA) is 59.8 Å². The maximum atomic E-state index is 12.5. The van der Waals surface area contributed by atoms with Gasteiger partial charge in [-0.15, -0.1) is 10.2 Å². The Morgan fingerprint density at radius 3 is 2.70 bits per heavy atom. The fraction of sp³-hybridized carbons (Fsp3) is 0.286. The highest BCUT2D eigenvalue weighted by Crippen LogP contribution is 2.28. The van der Waals surface area contributed by atoms with Crippen LogP contribution in [0.3, 0.4) is 0 Å². The monoisotopic (exact) mass is 378 g/mol. The van der Waals surface area contributed by atoms with Crippen molar-refractivity contribution in [3.05, 3.63) is 60.4 Å². The normalized spacial score (nSPS) is 13.6. The number of fused-ring (bicyclic) bond motifs is 1. The van der Waals surface area contributed by atoms with Crippen LogP contribution in [-0.2, 0) is 17.8 Å². The summed E-state index contributed by atoms with van der Waals surface area (Å²) in [6, 6.07) is 18.0. The molecule has 0 aliphatic carbocycles. The largest absolute Gasteiger partial charge is 0.325 e. The average molecular weight is 379 g/mol. The van der Waals surface area contributed by atoms with Crippen LogP contribution in [0.1, 0.15) is 25.1 Å². The first-order valence-corrected chi connectivity index (χ1v) is 10.3. The molecule has 4 rings (SSSR count). The first-order chi connectivity index (χ1) is 13.3. The van der Waals surface area contributed by atoms with Crippen molar-refractivity contribution in [3.63, 3.8) is 0 Å². The number of benzene rings is 2. The van der Waals surface area contributed by atoms with E-state index in [1.54, 1.807) is 0 Å². The van der Waals surface area contributed by atoms with Gasteiger partial charge < -0.3 is 9.88 Å². The third kappa shape index (κ3) is 4.22. The lowest BCUT2D eigenvalue weighted by atomic mass is 10.0. The number of nitrogens with zero attached hydrogens (tertiary/aromatic N) is 3. The molecule has 0 radical (unpaired) electrons. The highest BCUT2D eigenvalue weighted by molar-refractivity contribution is 7.99. The van der Waals surface area contributed by atoms with Gasteiger partial charge >= 0.3 is 0 Å². The highest BCUT2D eigenvalue weighted by atomic mass is 32.2. The number of hydrogen-bond acceptors (Lipinski definition) is 4. The zero-order chi connectivity index (χ0) is 18.5. The van der Waals surface area contributed by atoms with Crippen LogP contribution < -0.4 is 5.32 Å². The van der Waals surface area contributed by atoms with Gasteiger partial charge in [0.2, 0.25) is 5.91 Å². The molecule has 0 unspecified atom stereocenters. The molecule has 3 aromatic rings. The summed E-state index contributed by atoms with van der Waals surface area (Å²) in [5.41, 5.74) is 2.94. The lowest BCUT2D eigenvalue weighted by Gasteiger charge is -2.11. The van der Waals surface area contributed by atoms with Crippen molar-refractivity contribution in [2.75, 3.05) is 11.1 Å². The van der Waals surface area contributed by atoms with Gasteiger partial charge in [0.1, 0.15) is 5.82 Å². The number of nitrogens with one attached hydrogen (secondary N) is 1. The number of anilines is 1. The number of aromatic nitrogens is 3. The smallest absolute Gasteiger partial charge is 0.234 e. The maximum absolute atomic E-state index is 12.5. The van der Waals surface area contributed by atoms with Crippen molar-refractivity contribution in [1.29, 1.82) is 0 Å². The van der Waals surface area contributed by atoms with Gasteiger partial charge in [-0.3, -0.25) is 4.79 Å². The molecule has 2 aromatic carbocycles. The molecule has 6 heteroatoms. The van der Waals surface area contributed by atoms with Crippen molar-refractivity contribution in [3.8, 4) is 11.1 Å². The fourth-order valence-electron chi connectivity index (χ4n) is 3.34. The second kappa shape index (κ2) is 8.39. The Hall–Kier alpha value is -2.60. The van der Waals surface area contributed by atoms with Crippen LogP contribution in [0.4, 0.5) is 5.69 Å². The van der Waals surface area contributed by atoms with Gasteiger partial charge in [-0.1, -0.05) is 66.7 Å². The van der Waals surface area contributed by atoms with E-state index in [2.05, 4.69) is 20.1 Å². The van der Waals surface area contributed by atoms with E-state index in [1.807, 2.05) is 54.6 Å². The molecule has 0 spiro atoms. The molecule has 5 nitrogen and oxygen atoms in total. The van der Waals surface area contributed by atoms with Crippen LogP contribution in [0.5, 0.6) is 0 Å². The maximum Gasteiger partial charge on any atom is 0.234 e. The second-order valence-corrected chi connectivity index (χ2v) is 7.55. The zero-order valence-corrected chi connectivity index (χ0v) is 15.9. The Bertz CT molecular complexity index is 923. The molecule has 0 saturated carbocycles. The number of thioether (sulfide) groups is 1. The Labute approximate surface area is 163 Å². The standard InChI is InChI=1S/C21H22N4OS/c26-20(15-27-21-24-23-19-13-5-2-8-14-25(19)21)22-18-12-7-6-11-17(18)16-9-3-1-4-10-16/h1,3-4,6-7,9-12H,2,5,8,13-15H2,(H,22,26). The number of hydrogen-bond donors (Lipinski definition) is 1. The number of carbonyl (C=O) groups excluding carboxylic acids is 1. The Balaban J connectivity index is 1.43. The number of rotatable bonds is 5. The third-order valence-electron chi connectivity index (χ3n) is 4.69. The number of aryl methyl sites for hydroxylation is 1. The van der Waals surface area contributed by atoms with Crippen molar-refractivity contribution in [1.82, 2.24) is 14.8 Å². The van der Waals surface area contributed by atoms with Crippen LogP contribution in [0.2, 0.25) is 0 Å². The SMILES string of the molecule is O=C(CSc1nnc2n1CCCCC2)Nc1ccccc1-c1ccccc1. The minimum atomic E-state index is -0.0330. The lowest BCUT2D eigenvalue weighted by molar-refractivity contribution is -0.113. The Kier molecular flexibility index (Phi) is 5.53. The summed E-state index contributed by atoms with van der Waals surface area (Å²) in [6.07, 6.45) is 4.52. The van der Waals surface area contributed by atoms with Crippen LogP contribution in [0, 0.1) is 0 Å². The minimum absolute atomic E-state index is 0.0330. The third-order valence-corrected chi connectivity index (χ3v) is 5.66. The summed E-state index contributed by atoms with van der Waals surface area (Å²) in [7, 11) is 0. The first-order valence-electron chi connectivity index (χ1n) is 9.30. The molecule has 0 atom stereocenters. The molecular weight excluding hydrogens is 356 g/mol. The van der Waals surface area contributed by atoms with E-state index >= 15 is 0 Å². The van der Waals surface area contributed by atoms with Crippen LogP contribution >= 0.6 is 11.8 Å². The van der Waals surface area contributed by atoms with Crippen molar-refractivity contribution in [2.24, 2.45) is 0 Å². The highest BCUT2D eigenvalue weighted by Gasteiger charge is 2.16. The predicted octanol–water partition coefficient (Wildman–Crippen LogP) is 4.40. The summed E-state index contributed by atoms with van der Waals surface area (Å²) in [4.78, 5) is 12.5. The molecule has 0 saturated heterocycles. The number of amides is 1. The average Bonchev–Trinajstić information content (AvgIpc) is 2.93. The van der Waals surface area contributed by atoms with Crippen molar-refractivity contribution >= 4 is 23.4 Å². The quantitative estimate of drug-likeness (QED) is 0.669. The van der Waals surface area contributed by atoms with Crippen LogP contribution in [0.15, 0.2) is 59.8 Å². The summed E-state index contributed by atoms with van der Waals surface area (Å²) in [5.74, 6) is 1.33. The number of para-hydroxylation sites is 1. The molecule has 138 valence electrons. The molecule has 1 aliphatic heterocycles. The Morgan fingerprint density at radius 2 is 1.81 bits per heavy atom. The van der Waals surface area contributed by atoms with E-state index in [9.17, 15) is 4.79 Å². The van der Waals surface area contributed by atoms with E-state index in [1.165, 1.54) is 24.6 Å². The van der Waals surface area contributed by atoms with E-state index in [0.717, 1.165) is 47.2 Å². The molecule has 1 amide bonds. The predicted molar refractivity (Wildman–Crippen MR) is 109 cm³/mol. The number of carbonyl (C=O) groups is 1. The van der Waals surface area contributed by atoms with E-state index in [-0.39, 0.29) is 5.91 Å². The first kappa shape index (κ1) is 17.8. The van der Waals surface area contributed by atoms with Crippen molar-refractivity contribution in [2.45, 2.75) is 37.4 Å². The minimum Gasteiger partial charge on any atom is -0.325 e. The molecular formula is C21H22N4OS. The van der Waals surface area contributed by atoms with Gasteiger partial charge in [-0.2, -0.15) is 0 Å². The van der Waals surface area contributed by atoms with Crippen LogP contribution in [0.25, 0.3) is 11.1 Å². The van der Waals surface area contributed by atoms with E-state index in [0.29, 0.717) is 5.75 Å². The van der Waals surface area contributed by atoms with Gasteiger partial charge in [0.05, 0.1) is 5.75 Å². The van der Waals surface area contributed by atoms with Crippen LogP contribution in [-0.4, -0.2) is 26.4 Å². The molecule has 2 heterocycles. The summed E-state index contributed by atoms with van der Waals surface area (Å²) in [5, 5.41) is 12.5. The van der Waals surface area contributed by atoms with Gasteiger partial charge in [0.25, 0.3) is 0 Å². The lowest BCUT2D eigenvalue weighted by Crippen LogP contribution is -2.15. The van der Waals surface area contributed by atoms with Gasteiger partial charge in [-0.05, 0) is 24.5 Å². The van der Waals surface area contributed by atoms with Gasteiger partial charge in [-0.25, -0.2) is 0 Å². The summed E-state index contributed by atoms with van der Waals surface area (Å²) < 4.78 is 2.17. The Morgan fingerprint density at radius 1 is 1.00 bits per heavy atom. The fourth-order valence-corrected chi connectivity index (χ4v) is 4.13.